The van der Waals surface area contributed by atoms with E-state index in [1.54, 1.807) is 0 Å². The van der Waals surface area contributed by atoms with Crippen molar-refractivity contribution < 1.29 is 19.2 Å². The lowest BCUT2D eigenvalue weighted by Gasteiger charge is -2.48. The number of rotatable bonds is 10. The quantitative estimate of drug-likeness (QED) is 0.623. The molecule has 1 heterocycles. The summed E-state index contributed by atoms with van der Waals surface area (Å²) in [5.74, 6) is -0.588. The van der Waals surface area contributed by atoms with Crippen LogP contribution in [0.2, 0.25) is 0 Å². The van der Waals surface area contributed by atoms with Gasteiger partial charge in [-0.3, -0.25) is 4.79 Å². The van der Waals surface area contributed by atoms with Crippen molar-refractivity contribution in [3.63, 3.8) is 0 Å². The van der Waals surface area contributed by atoms with Gasteiger partial charge in [-0.05, 0) is 55.8 Å². The monoisotopic (exact) mass is 418 g/mol. The van der Waals surface area contributed by atoms with Crippen LogP contribution in [0.4, 0.5) is 0 Å². The molecular weight excluding hydrogens is 382 g/mol. The Morgan fingerprint density at radius 1 is 1.23 bits per heavy atom. The van der Waals surface area contributed by atoms with Crippen molar-refractivity contribution in [3.8, 4) is 0 Å². The zero-order valence-electron chi connectivity index (χ0n) is 18.7. The van der Waals surface area contributed by atoms with Crippen LogP contribution in [0.1, 0.15) is 109 Å². The van der Waals surface area contributed by atoms with Gasteiger partial charge in [-0.25, -0.2) is 0 Å². The Balaban J connectivity index is 1.59. The van der Waals surface area contributed by atoms with Crippen molar-refractivity contribution in [2.75, 3.05) is 0 Å². The number of carbonyl (C=O) groups excluding carboxylic acids is 2. The summed E-state index contributed by atoms with van der Waals surface area (Å²) < 4.78 is 5.37. The Hall–Kier alpha value is -1.92. The lowest BCUT2D eigenvalue weighted by atomic mass is 9.57. The predicted octanol–water partition coefficient (Wildman–Crippen LogP) is 3.49. The number of aromatic nitrogens is 2. The van der Waals surface area contributed by atoms with Crippen molar-refractivity contribution in [3.05, 3.63) is 11.7 Å². The molecule has 0 saturated heterocycles. The molecular formula is C23H36N3O4-. The minimum absolute atomic E-state index is 0.0209. The summed E-state index contributed by atoms with van der Waals surface area (Å²) in [5, 5.41) is 18.1. The average Bonchev–Trinajstić information content (AvgIpc) is 3.43. The summed E-state index contributed by atoms with van der Waals surface area (Å²) in [5.41, 5.74) is 0.541. The van der Waals surface area contributed by atoms with Crippen molar-refractivity contribution in [2.45, 2.75) is 104 Å². The van der Waals surface area contributed by atoms with E-state index in [1.165, 1.54) is 32.1 Å². The molecule has 7 heteroatoms. The summed E-state index contributed by atoms with van der Waals surface area (Å²) in [6.07, 6.45) is 10.8. The number of aliphatic carboxylic acids is 1. The van der Waals surface area contributed by atoms with Gasteiger partial charge in [0.1, 0.15) is 0 Å². The molecule has 168 valence electrons. The van der Waals surface area contributed by atoms with Crippen LogP contribution < -0.4 is 10.4 Å². The minimum Gasteiger partial charge on any atom is -0.550 e. The van der Waals surface area contributed by atoms with Crippen LogP contribution in [-0.4, -0.2) is 22.0 Å². The molecule has 7 nitrogen and oxygen atoms in total. The van der Waals surface area contributed by atoms with Crippen LogP contribution in [0.3, 0.4) is 0 Å². The Labute approximate surface area is 179 Å². The molecule has 1 atom stereocenters. The summed E-state index contributed by atoms with van der Waals surface area (Å²) in [4.78, 5) is 27.5. The van der Waals surface area contributed by atoms with E-state index in [2.05, 4.69) is 36.2 Å². The van der Waals surface area contributed by atoms with Crippen molar-refractivity contribution in [1.82, 2.24) is 15.5 Å². The first-order chi connectivity index (χ1) is 14.2. The molecule has 1 unspecified atom stereocenters. The van der Waals surface area contributed by atoms with Crippen LogP contribution in [-0.2, 0) is 16.1 Å². The molecule has 2 aliphatic rings. The third-order valence-corrected chi connectivity index (χ3v) is 7.22. The second kappa shape index (κ2) is 9.48. The zero-order valence-corrected chi connectivity index (χ0v) is 18.7. The normalized spacial score (nSPS) is 20.0. The summed E-state index contributed by atoms with van der Waals surface area (Å²) in [6, 6.07) is 0. The van der Waals surface area contributed by atoms with Gasteiger partial charge >= 0.3 is 0 Å². The number of hydrogen-bond acceptors (Lipinski definition) is 6. The highest BCUT2D eigenvalue weighted by Gasteiger charge is 2.41. The number of carboxylic acid groups (broad SMARTS) is 1. The van der Waals surface area contributed by atoms with Gasteiger partial charge in [0.25, 0.3) is 0 Å². The van der Waals surface area contributed by atoms with Gasteiger partial charge in [-0.1, -0.05) is 51.6 Å². The van der Waals surface area contributed by atoms with Crippen LogP contribution in [0.15, 0.2) is 4.52 Å². The minimum atomic E-state index is -1.11. The number of hydrogen-bond donors (Lipinski definition) is 1. The lowest BCUT2D eigenvalue weighted by Crippen LogP contribution is -2.37. The first-order valence-corrected chi connectivity index (χ1v) is 11.5. The van der Waals surface area contributed by atoms with Crippen molar-refractivity contribution >= 4 is 11.9 Å². The van der Waals surface area contributed by atoms with Gasteiger partial charge in [0.15, 0.2) is 5.82 Å². The standard InChI is InChI=1S/C23H37N3O4/c1-22(2,3)23(11-5-4-6-12-23)13-7-8-17(14-19(27)28)21-25-18(26-30-21)15-24-20(29)16-9-10-16/h16-17H,4-15H2,1-3H3,(H,24,29)(H,27,28)/p-1. The SMILES string of the molecule is CC(C)(C)C1(CCCC(CC(=O)[O-])c2nc(CNC(=O)C3CC3)no2)CCCCC1. The smallest absolute Gasteiger partial charge is 0.230 e. The van der Waals surface area contributed by atoms with Crippen LogP contribution in [0.25, 0.3) is 0 Å². The molecule has 1 N–H and O–H groups in total. The molecule has 2 saturated carbocycles. The van der Waals surface area contributed by atoms with E-state index in [-0.39, 0.29) is 36.1 Å². The second-order valence-corrected chi connectivity index (χ2v) is 10.3. The van der Waals surface area contributed by atoms with E-state index < -0.39 is 5.97 Å². The highest BCUT2D eigenvalue weighted by atomic mass is 16.5. The second-order valence-electron chi connectivity index (χ2n) is 10.3. The molecule has 1 amide bonds. The Morgan fingerprint density at radius 2 is 1.93 bits per heavy atom. The molecule has 0 spiro atoms. The van der Waals surface area contributed by atoms with Gasteiger partial charge in [-0.15, -0.1) is 0 Å². The van der Waals surface area contributed by atoms with E-state index in [4.69, 9.17) is 4.52 Å². The fraction of sp³-hybridized carbons (Fsp3) is 0.826. The lowest BCUT2D eigenvalue weighted by molar-refractivity contribution is -0.306. The van der Waals surface area contributed by atoms with Crippen LogP contribution in [0.5, 0.6) is 0 Å². The van der Waals surface area contributed by atoms with Gasteiger partial charge in [0, 0.05) is 17.8 Å². The van der Waals surface area contributed by atoms with Gasteiger partial charge in [-0.2, -0.15) is 4.98 Å². The maximum absolute atomic E-state index is 11.8. The summed E-state index contributed by atoms with van der Waals surface area (Å²) in [7, 11) is 0. The largest absolute Gasteiger partial charge is 0.550 e. The predicted molar refractivity (Wildman–Crippen MR) is 110 cm³/mol. The van der Waals surface area contributed by atoms with E-state index >= 15 is 0 Å². The van der Waals surface area contributed by atoms with E-state index in [9.17, 15) is 14.7 Å². The molecule has 3 rings (SSSR count). The Bertz CT molecular complexity index is 727. The van der Waals surface area contributed by atoms with Crippen molar-refractivity contribution in [1.29, 1.82) is 0 Å². The van der Waals surface area contributed by atoms with Crippen molar-refractivity contribution in [2.24, 2.45) is 16.7 Å². The Morgan fingerprint density at radius 3 is 2.53 bits per heavy atom. The van der Waals surface area contributed by atoms with E-state index in [0.717, 1.165) is 25.7 Å². The third-order valence-electron chi connectivity index (χ3n) is 7.22. The molecule has 0 aromatic carbocycles. The Kier molecular flexibility index (Phi) is 7.19. The molecule has 30 heavy (non-hydrogen) atoms. The number of nitrogens with one attached hydrogen (secondary N) is 1. The average molecular weight is 419 g/mol. The number of nitrogens with zero attached hydrogens (tertiary/aromatic N) is 2. The third kappa shape index (κ3) is 5.82. The number of carboxylic acids is 1. The highest BCUT2D eigenvalue weighted by molar-refractivity contribution is 5.80. The molecule has 0 bridgehead atoms. The first kappa shape index (κ1) is 22.8. The zero-order chi connectivity index (χ0) is 21.8. The molecule has 0 radical (unpaired) electrons. The van der Waals surface area contributed by atoms with E-state index in [0.29, 0.717) is 23.6 Å². The summed E-state index contributed by atoms with van der Waals surface area (Å²) >= 11 is 0. The van der Waals surface area contributed by atoms with Crippen LogP contribution >= 0.6 is 0 Å². The molecule has 1 aromatic heterocycles. The van der Waals surface area contributed by atoms with Gasteiger partial charge in [0.05, 0.1) is 6.54 Å². The van der Waals surface area contributed by atoms with Crippen LogP contribution in [0, 0.1) is 16.7 Å². The summed E-state index contributed by atoms with van der Waals surface area (Å²) in [6.45, 7) is 7.20. The maximum atomic E-state index is 11.8. The number of carbonyl (C=O) groups is 2. The number of amides is 1. The molecule has 2 fully saturated rings. The maximum Gasteiger partial charge on any atom is 0.230 e. The fourth-order valence-corrected chi connectivity index (χ4v) is 4.97. The molecule has 1 aromatic rings. The fourth-order valence-electron chi connectivity index (χ4n) is 4.97. The van der Waals surface area contributed by atoms with E-state index in [1.807, 2.05) is 0 Å². The topological polar surface area (TPSA) is 108 Å². The first-order valence-electron chi connectivity index (χ1n) is 11.5. The molecule has 2 aliphatic carbocycles. The molecule has 0 aliphatic heterocycles. The highest BCUT2D eigenvalue weighted by Crippen LogP contribution is 2.53. The van der Waals surface area contributed by atoms with Gasteiger partial charge < -0.3 is 19.7 Å². The van der Waals surface area contributed by atoms with Gasteiger partial charge in [0.2, 0.25) is 11.8 Å².